The second-order valence-electron chi connectivity index (χ2n) is 21.0. The molecule has 0 aliphatic rings. The van der Waals surface area contributed by atoms with Gasteiger partial charge in [0, 0.05) is 21.9 Å². The van der Waals surface area contributed by atoms with Crippen LogP contribution in [-0.2, 0) is 21.7 Å². The predicted octanol–water partition coefficient (Wildman–Crippen LogP) is 14.2. The molecule has 0 saturated carbocycles. The molecule has 7 aromatic carbocycles. The quantitative estimate of drug-likeness (QED) is 0.0569. The summed E-state index contributed by atoms with van der Waals surface area (Å²) in [6.45, 7) is 29.8. The van der Waals surface area contributed by atoms with Crippen molar-refractivity contribution in [3.8, 4) is 0 Å². The van der Waals surface area contributed by atoms with Crippen LogP contribution in [0.2, 0.25) is 0 Å². The van der Waals surface area contributed by atoms with Crippen molar-refractivity contribution < 1.29 is 30.0 Å². The zero-order valence-electron chi connectivity index (χ0n) is 38.4. The first-order valence-electron chi connectivity index (χ1n) is 21.1. The maximum absolute atomic E-state index is 12.6. The largest absolute Gasteiger partial charge is 0.493 e. The SMILES string of the molecule is Cc1cc(C(C)(C)C)cc(C(C)(C)C)c1N=C(O)c1ccc2c3ccc(C(=O)O)c4c(C(=O)O)ccc(c5ccc(C(O)=Nc6c(C)cc(C(C)(C)C)cc6C(C)(C)C)c1c25)c43. The van der Waals surface area contributed by atoms with Crippen LogP contribution in [0.25, 0.3) is 43.1 Å². The minimum Gasteiger partial charge on any atom is -0.493 e. The van der Waals surface area contributed by atoms with E-state index >= 15 is 0 Å². The van der Waals surface area contributed by atoms with E-state index in [0.717, 1.165) is 33.4 Å². The summed E-state index contributed by atoms with van der Waals surface area (Å²) in [5, 5.41) is 49.8. The van der Waals surface area contributed by atoms with Crippen molar-refractivity contribution in [3.05, 3.63) is 128 Å². The van der Waals surface area contributed by atoms with Crippen molar-refractivity contribution in [2.24, 2.45) is 9.98 Å². The summed E-state index contributed by atoms with van der Waals surface area (Å²) in [5.41, 5.74) is 7.03. The number of carbonyl (C=O) groups is 2. The van der Waals surface area contributed by atoms with E-state index in [0.29, 0.717) is 60.2 Å². The highest BCUT2D eigenvalue weighted by atomic mass is 16.4. The molecule has 0 aliphatic carbocycles. The Kier molecular flexibility index (Phi) is 10.4. The van der Waals surface area contributed by atoms with Gasteiger partial charge in [-0.05, 0) is 125 Å². The molecule has 7 aromatic rings. The molecule has 0 aromatic heterocycles. The molecule has 4 N–H and O–H groups in total. The van der Waals surface area contributed by atoms with Crippen LogP contribution in [0, 0.1) is 13.8 Å². The lowest BCUT2D eigenvalue weighted by Crippen LogP contribution is -2.17. The first-order valence-corrected chi connectivity index (χ1v) is 21.1. The lowest BCUT2D eigenvalue weighted by molar-refractivity contribution is 0.0695. The van der Waals surface area contributed by atoms with Gasteiger partial charge in [0.25, 0.3) is 0 Å². The average molecular weight is 831 g/mol. The Hall–Kier alpha value is -6.28. The van der Waals surface area contributed by atoms with Gasteiger partial charge < -0.3 is 20.4 Å². The van der Waals surface area contributed by atoms with Gasteiger partial charge in [-0.25, -0.2) is 19.6 Å². The molecule has 0 heterocycles. The second-order valence-corrected chi connectivity index (χ2v) is 21.0. The number of aryl methyl sites for hydroxylation is 2. The summed E-state index contributed by atoms with van der Waals surface area (Å²) in [6, 6.07) is 22.1. The van der Waals surface area contributed by atoms with Gasteiger partial charge in [-0.1, -0.05) is 132 Å². The normalized spacial score (nSPS) is 13.6. The highest BCUT2D eigenvalue weighted by Crippen LogP contribution is 2.46. The van der Waals surface area contributed by atoms with E-state index in [4.69, 9.17) is 9.98 Å². The zero-order valence-corrected chi connectivity index (χ0v) is 38.4. The summed E-state index contributed by atoms with van der Waals surface area (Å²) in [6.07, 6.45) is 0. The molecule has 320 valence electrons. The smallest absolute Gasteiger partial charge is 0.336 e. The van der Waals surface area contributed by atoms with Crippen LogP contribution in [-0.4, -0.2) is 44.2 Å². The summed E-state index contributed by atoms with van der Waals surface area (Å²) in [5.74, 6) is -2.97. The maximum Gasteiger partial charge on any atom is 0.336 e. The van der Waals surface area contributed by atoms with Crippen LogP contribution >= 0.6 is 0 Å². The van der Waals surface area contributed by atoms with Gasteiger partial charge in [-0.3, -0.25) is 0 Å². The fraction of sp³-hybridized carbons (Fsp3) is 0.333. The molecule has 7 rings (SSSR count). The minimum atomic E-state index is -1.24. The molecule has 0 spiro atoms. The fourth-order valence-electron chi connectivity index (χ4n) is 8.82. The van der Waals surface area contributed by atoms with Crippen molar-refractivity contribution in [3.63, 3.8) is 0 Å². The van der Waals surface area contributed by atoms with E-state index in [1.54, 1.807) is 24.3 Å². The van der Waals surface area contributed by atoms with E-state index in [2.05, 4.69) is 107 Å². The number of fused-ring (bicyclic) bond motifs is 2. The van der Waals surface area contributed by atoms with E-state index in [1.807, 2.05) is 26.0 Å². The summed E-state index contributed by atoms with van der Waals surface area (Å²) in [7, 11) is 0. The Morgan fingerprint density at radius 2 is 0.694 bits per heavy atom. The Labute approximate surface area is 364 Å². The molecular formula is C54H58N2O6. The molecule has 0 radical (unpaired) electrons. The molecule has 0 atom stereocenters. The van der Waals surface area contributed by atoms with Crippen molar-refractivity contribution >= 4 is 78.2 Å². The van der Waals surface area contributed by atoms with Gasteiger partial charge in [0.1, 0.15) is 0 Å². The Balaban J connectivity index is 1.64. The molecule has 0 unspecified atom stereocenters. The second kappa shape index (κ2) is 14.7. The van der Waals surface area contributed by atoms with Crippen molar-refractivity contribution in [1.29, 1.82) is 0 Å². The highest BCUT2D eigenvalue weighted by Gasteiger charge is 2.29. The average Bonchev–Trinajstić information content (AvgIpc) is 3.15. The molecular weight excluding hydrogens is 773 g/mol. The first-order chi connectivity index (χ1) is 28.6. The molecule has 8 nitrogen and oxygen atoms in total. The van der Waals surface area contributed by atoms with Gasteiger partial charge in [-0.2, -0.15) is 0 Å². The number of carboxylic acids is 2. The fourth-order valence-corrected chi connectivity index (χ4v) is 8.82. The van der Waals surface area contributed by atoms with Crippen LogP contribution in [0.4, 0.5) is 11.4 Å². The van der Waals surface area contributed by atoms with Crippen molar-refractivity contribution in [2.75, 3.05) is 0 Å². The van der Waals surface area contributed by atoms with Gasteiger partial charge in [0.05, 0.1) is 22.5 Å². The Morgan fingerprint density at radius 1 is 0.403 bits per heavy atom. The van der Waals surface area contributed by atoms with Crippen LogP contribution in [0.1, 0.15) is 148 Å². The van der Waals surface area contributed by atoms with E-state index in [-0.39, 0.29) is 50.0 Å². The number of benzene rings is 7. The third kappa shape index (κ3) is 7.43. The zero-order chi connectivity index (χ0) is 45.8. The molecule has 8 heteroatoms. The van der Waals surface area contributed by atoms with E-state index in [1.165, 1.54) is 12.1 Å². The number of carboxylic acid groups (broad SMARTS) is 2. The number of nitrogens with zero attached hydrogens (tertiary/aromatic N) is 2. The minimum absolute atomic E-state index is 0.115. The van der Waals surface area contributed by atoms with Crippen LogP contribution in [0.15, 0.2) is 82.8 Å². The number of aliphatic hydroxyl groups is 2. The third-order valence-electron chi connectivity index (χ3n) is 12.2. The molecule has 0 amide bonds. The van der Waals surface area contributed by atoms with Crippen LogP contribution in [0.5, 0.6) is 0 Å². The Bertz CT molecular complexity index is 2890. The number of hydrogen-bond acceptors (Lipinski definition) is 4. The number of aliphatic imine (C=N–C) groups is 2. The van der Waals surface area contributed by atoms with Gasteiger partial charge in [0.15, 0.2) is 0 Å². The van der Waals surface area contributed by atoms with E-state index < -0.39 is 11.9 Å². The first kappa shape index (κ1) is 43.8. The number of hydrogen-bond donors (Lipinski definition) is 4. The third-order valence-corrected chi connectivity index (χ3v) is 12.2. The summed E-state index contributed by atoms with van der Waals surface area (Å²) < 4.78 is 0. The lowest BCUT2D eigenvalue weighted by Gasteiger charge is -2.28. The monoisotopic (exact) mass is 830 g/mol. The number of aromatic carboxylic acids is 2. The van der Waals surface area contributed by atoms with Gasteiger partial charge >= 0.3 is 11.9 Å². The standard InChI is InChI=1S/C54H58N2O6/c1-27-23-29(51(3,4)5)25-39(53(9,10)11)45(27)55-47(57)35-19-15-31-33-17-21-37(49(59)60)44-38(50(61)62)22-18-34(42(33)44)32-16-20-36(43(35)41(31)32)48(58)56-46-28(2)24-30(52(6,7)8)26-40(46)54(12,13)14/h15-26H,1-14H3,(H,55,57)(H,56,58)(H,59,60)(H,61,62). The molecule has 0 aliphatic heterocycles. The van der Waals surface area contributed by atoms with Crippen LogP contribution in [0.3, 0.4) is 0 Å². The summed E-state index contributed by atoms with van der Waals surface area (Å²) >= 11 is 0. The Morgan fingerprint density at radius 3 is 0.968 bits per heavy atom. The van der Waals surface area contributed by atoms with E-state index in [9.17, 15) is 30.0 Å². The highest BCUT2D eigenvalue weighted by molar-refractivity contribution is 6.38. The molecule has 62 heavy (non-hydrogen) atoms. The van der Waals surface area contributed by atoms with Crippen molar-refractivity contribution in [2.45, 2.75) is 119 Å². The predicted molar refractivity (Wildman–Crippen MR) is 256 cm³/mol. The van der Waals surface area contributed by atoms with Crippen molar-refractivity contribution in [1.82, 2.24) is 0 Å². The van der Waals surface area contributed by atoms with Gasteiger partial charge in [-0.15, -0.1) is 0 Å². The van der Waals surface area contributed by atoms with Gasteiger partial charge in [0.2, 0.25) is 11.8 Å². The molecule has 0 saturated heterocycles. The molecule has 0 bridgehead atoms. The maximum atomic E-state index is 12.6. The summed E-state index contributed by atoms with van der Waals surface area (Å²) in [4.78, 5) is 35.2. The number of rotatable bonds is 6. The lowest BCUT2D eigenvalue weighted by atomic mass is 9.78. The topological polar surface area (TPSA) is 140 Å². The molecule has 0 fully saturated rings. The van der Waals surface area contributed by atoms with Crippen LogP contribution < -0.4 is 0 Å². The number of aliphatic hydroxyl groups excluding tert-OH is 2.